The Balaban J connectivity index is 2.10. The first-order chi connectivity index (χ1) is 15.9. The molecule has 7 nitrogen and oxygen atoms in total. The second-order valence-electron chi connectivity index (χ2n) is 8.59. The lowest BCUT2D eigenvalue weighted by Crippen LogP contribution is -2.39. The van der Waals surface area contributed by atoms with Crippen LogP contribution >= 0.6 is 21.6 Å². The third-order valence-electron chi connectivity index (χ3n) is 5.43. The molecular formula is C24H44N2O5S2. The van der Waals surface area contributed by atoms with Crippen LogP contribution in [-0.2, 0) is 23.9 Å². The van der Waals surface area contributed by atoms with E-state index < -0.39 is 0 Å². The molecule has 1 aliphatic rings. The summed E-state index contributed by atoms with van der Waals surface area (Å²) < 4.78 is 11.5. The van der Waals surface area contributed by atoms with Crippen molar-refractivity contribution >= 4 is 39.2 Å². The Bertz CT molecular complexity index is 577. The lowest BCUT2D eigenvalue weighted by atomic mass is 10.1. The fraction of sp³-hybridized carbons (Fsp3) is 0.875. The predicted octanol–water partition coefficient (Wildman–Crippen LogP) is 4.23. The lowest BCUT2D eigenvalue weighted by molar-refractivity contribution is -0.133. The molecule has 0 radical (unpaired) electrons. The number of amides is 2. The quantitative estimate of drug-likeness (QED) is 0.208. The van der Waals surface area contributed by atoms with Gasteiger partial charge >= 0.3 is 0 Å². The molecule has 33 heavy (non-hydrogen) atoms. The molecule has 0 aromatic rings. The van der Waals surface area contributed by atoms with E-state index in [1.54, 1.807) is 21.6 Å². The van der Waals surface area contributed by atoms with E-state index in [0.29, 0.717) is 52.0 Å². The van der Waals surface area contributed by atoms with Crippen molar-refractivity contribution in [1.29, 1.82) is 0 Å². The number of ether oxygens (including phenoxy) is 2. The van der Waals surface area contributed by atoms with Crippen LogP contribution in [0, 0.1) is 0 Å². The number of nitrogens with zero attached hydrogens (tertiary/aromatic N) is 1. The average Bonchev–Trinajstić information content (AvgIpc) is 3.19. The molecule has 0 saturated carbocycles. The summed E-state index contributed by atoms with van der Waals surface area (Å²) in [5.74, 6) is 2.26. The fourth-order valence-corrected chi connectivity index (χ4v) is 5.64. The molecule has 0 unspecified atom stereocenters. The van der Waals surface area contributed by atoms with Gasteiger partial charge in [0.1, 0.15) is 5.78 Å². The number of unbranched alkanes of at least 4 members (excludes halogenated alkanes) is 1. The molecule has 0 spiro atoms. The van der Waals surface area contributed by atoms with Gasteiger partial charge in [-0.3, -0.25) is 14.4 Å². The summed E-state index contributed by atoms with van der Waals surface area (Å²) in [7, 11) is 3.47. The molecule has 0 bridgehead atoms. The number of ketones is 1. The maximum Gasteiger partial charge on any atom is 0.223 e. The lowest BCUT2D eigenvalue weighted by Gasteiger charge is -2.25. The van der Waals surface area contributed by atoms with Gasteiger partial charge in [-0.1, -0.05) is 28.5 Å². The van der Waals surface area contributed by atoms with Crippen molar-refractivity contribution < 1.29 is 23.9 Å². The van der Waals surface area contributed by atoms with Gasteiger partial charge in [0.25, 0.3) is 0 Å². The molecule has 9 heteroatoms. The Morgan fingerprint density at radius 1 is 1.03 bits per heavy atom. The van der Waals surface area contributed by atoms with Crippen LogP contribution in [0.4, 0.5) is 0 Å². The van der Waals surface area contributed by atoms with Gasteiger partial charge in [-0.15, -0.1) is 0 Å². The molecule has 1 saturated heterocycles. The number of rotatable bonds is 19. The number of Topliss-reactive ketones (excluding diaryl/α,β-unsaturated/α-hetero) is 1. The average molecular weight is 505 g/mol. The number of nitrogens with one attached hydrogen (secondary N) is 1. The molecule has 2 amide bonds. The highest BCUT2D eigenvalue weighted by Crippen LogP contribution is 2.25. The first-order valence-corrected chi connectivity index (χ1v) is 14.9. The van der Waals surface area contributed by atoms with Crippen molar-refractivity contribution in [2.75, 3.05) is 37.8 Å². The van der Waals surface area contributed by atoms with E-state index in [2.05, 4.69) is 5.32 Å². The molecule has 0 aliphatic carbocycles. The maximum absolute atomic E-state index is 12.8. The van der Waals surface area contributed by atoms with Crippen molar-refractivity contribution in [3.8, 4) is 0 Å². The minimum absolute atomic E-state index is 0.0575. The predicted molar refractivity (Wildman–Crippen MR) is 138 cm³/mol. The Hall–Kier alpha value is -0.770. The molecule has 0 aromatic carbocycles. The van der Waals surface area contributed by atoms with Crippen LogP contribution in [-0.4, -0.2) is 78.6 Å². The van der Waals surface area contributed by atoms with Gasteiger partial charge in [0.2, 0.25) is 11.8 Å². The van der Waals surface area contributed by atoms with E-state index in [-0.39, 0.29) is 35.8 Å². The van der Waals surface area contributed by atoms with Crippen molar-refractivity contribution in [2.24, 2.45) is 0 Å². The molecule has 192 valence electrons. The molecular weight excluding hydrogens is 460 g/mol. The van der Waals surface area contributed by atoms with Gasteiger partial charge in [-0.25, -0.2) is 0 Å². The SMILES string of the molecule is CCO[C@@H]1C[C@@H](COC(C)C)N(C(=O)CCCSSCCNC(=O)CCCCC(=O)CC)C1. The number of carbonyl (C=O) groups excluding carboxylic acids is 3. The van der Waals surface area contributed by atoms with E-state index in [9.17, 15) is 14.4 Å². The van der Waals surface area contributed by atoms with Gasteiger partial charge < -0.3 is 19.7 Å². The second-order valence-corrected chi connectivity index (χ2v) is 11.3. The zero-order valence-electron chi connectivity index (χ0n) is 20.9. The summed E-state index contributed by atoms with van der Waals surface area (Å²) in [4.78, 5) is 37.7. The topological polar surface area (TPSA) is 84.9 Å². The minimum Gasteiger partial charge on any atom is -0.377 e. The molecule has 1 fully saturated rings. The first-order valence-electron chi connectivity index (χ1n) is 12.4. The van der Waals surface area contributed by atoms with Crippen LogP contribution in [0.15, 0.2) is 0 Å². The summed E-state index contributed by atoms with van der Waals surface area (Å²) in [6, 6.07) is 0.106. The van der Waals surface area contributed by atoms with E-state index in [0.717, 1.165) is 37.2 Å². The standard InChI is InChI=1S/C24H44N2O5S2/c1-5-21(27)10-7-8-11-23(28)25-13-15-33-32-14-9-12-24(29)26-17-22(30-6-2)16-20(26)18-31-19(3)4/h19-20,22H,5-18H2,1-4H3,(H,25,28)/t20-,22+/m0/s1. The van der Waals surface area contributed by atoms with Crippen molar-refractivity contribution in [1.82, 2.24) is 10.2 Å². The van der Waals surface area contributed by atoms with E-state index >= 15 is 0 Å². The van der Waals surface area contributed by atoms with Crippen LogP contribution in [0.2, 0.25) is 0 Å². The monoisotopic (exact) mass is 504 g/mol. The minimum atomic E-state index is 0.0575. The zero-order valence-corrected chi connectivity index (χ0v) is 22.6. The fourth-order valence-electron chi connectivity index (χ4n) is 3.65. The van der Waals surface area contributed by atoms with Crippen LogP contribution in [0.3, 0.4) is 0 Å². The van der Waals surface area contributed by atoms with Crippen molar-refractivity contribution in [2.45, 2.75) is 97.3 Å². The highest BCUT2D eigenvalue weighted by molar-refractivity contribution is 8.76. The van der Waals surface area contributed by atoms with E-state index in [1.165, 1.54) is 0 Å². The summed E-state index contributed by atoms with van der Waals surface area (Å²) in [5, 5.41) is 2.93. The van der Waals surface area contributed by atoms with Crippen molar-refractivity contribution in [3.63, 3.8) is 0 Å². The van der Waals surface area contributed by atoms with Crippen LogP contribution in [0.1, 0.15) is 79.1 Å². The summed E-state index contributed by atoms with van der Waals surface area (Å²) >= 11 is 0. The van der Waals surface area contributed by atoms with Gasteiger partial charge in [-0.05, 0) is 46.5 Å². The third-order valence-corrected chi connectivity index (χ3v) is 7.93. The number of hydrogen-bond donors (Lipinski definition) is 1. The van der Waals surface area contributed by atoms with Crippen molar-refractivity contribution in [3.05, 3.63) is 0 Å². The van der Waals surface area contributed by atoms with E-state index in [4.69, 9.17) is 9.47 Å². The number of hydrogen-bond acceptors (Lipinski definition) is 7. The Kier molecular flexibility index (Phi) is 17.0. The Morgan fingerprint density at radius 2 is 1.76 bits per heavy atom. The van der Waals surface area contributed by atoms with Gasteiger partial charge in [-0.2, -0.15) is 0 Å². The highest BCUT2D eigenvalue weighted by atomic mass is 33.1. The molecule has 1 heterocycles. The largest absolute Gasteiger partial charge is 0.377 e. The maximum atomic E-state index is 12.8. The normalized spacial score (nSPS) is 18.2. The van der Waals surface area contributed by atoms with Gasteiger partial charge in [0.15, 0.2) is 0 Å². The molecule has 1 N–H and O–H groups in total. The Morgan fingerprint density at radius 3 is 2.45 bits per heavy atom. The summed E-state index contributed by atoms with van der Waals surface area (Å²) in [6.07, 6.45) is 5.70. The highest BCUT2D eigenvalue weighted by Gasteiger charge is 2.35. The smallest absolute Gasteiger partial charge is 0.223 e. The number of carbonyl (C=O) groups is 3. The zero-order chi connectivity index (χ0) is 24.5. The van der Waals surface area contributed by atoms with E-state index in [1.807, 2.05) is 32.6 Å². The third kappa shape index (κ3) is 14.3. The number of likely N-dealkylation sites (tertiary alicyclic amines) is 1. The van der Waals surface area contributed by atoms with Gasteiger partial charge in [0, 0.05) is 56.9 Å². The molecule has 2 atom stereocenters. The second kappa shape index (κ2) is 18.5. The Labute approximate surface area is 208 Å². The first kappa shape index (κ1) is 30.3. The summed E-state index contributed by atoms with van der Waals surface area (Å²) in [5.41, 5.74) is 0. The van der Waals surface area contributed by atoms with Crippen LogP contribution in [0.25, 0.3) is 0 Å². The van der Waals surface area contributed by atoms with Crippen LogP contribution in [0.5, 0.6) is 0 Å². The molecule has 1 rings (SSSR count). The van der Waals surface area contributed by atoms with Gasteiger partial charge in [0.05, 0.1) is 24.9 Å². The van der Waals surface area contributed by atoms with Crippen LogP contribution < -0.4 is 5.32 Å². The molecule has 1 aliphatic heterocycles. The summed E-state index contributed by atoms with van der Waals surface area (Å²) in [6.45, 7) is 10.4. The molecule has 0 aromatic heterocycles.